The lowest BCUT2D eigenvalue weighted by Crippen LogP contribution is -2.25. The number of ether oxygens (including phenoxy) is 4. The Morgan fingerprint density at radius 3 is 1.60 bits per heavy atom. The first-order chi connectivity index (χ1) is 53.4. The summed E-state index contributed by atoms with van der Waals surface area (Å²) in [4.78, 5) is 116. The zero-order valence-corrected chi connectivity index (χ0v) is 69.2. The Balaban J connectivity index is 1.37. The quantitative estimate of drug-likeness (QED) is 0.0392. The lowest BCUT2D eigenvalue weighted by atomic mass is 9.78. The van der Waals surface area contributed by atoms with Gasteiger partial charge in [-0.1, -0.05) is 176 Å². The first kappa shape index (κ1) is 88.1. The van der Waals surface area contributed by atoms with E-state index in [4.69, 9.17) is 30.4 Å². The number of esters is 4. The van der Waals surface area contributed by atoms with Crippen molar-refractivity contribution in [2.24, 2.45) is 40.1 Å². The number of aliphatic imine (C=N–C) groups is 1. The number of amides is 4. The van der Waals surface area contributed by atoms with Crippen molar-refractivity contribution in [3.8, 4) is 0 Å². The van der Waals surface area contributed by atoms with Gasteiger partial charge in [-0.2, -0.15) is 0 Å². The SMILES string of the molecule is CCC1CCC(=O)OCCCCCCOC(=O)[C@H](C)CC(=O)Nc2cccc3c2/C(C2=CC=N2)=C(/N)C=CCC(c2cc(C(C)(C)C)cc(C(C)(C)C)c2)=CC=CC(N)=C(C(=N)/C=C\C=C(\C)c2cc(C(C)(C)C)cc(C(C)(C)C)c2)c2c(cccc2NC1=O)NC(=O)CCC(=O)OCCCCCCOC(=O)[C@@H]1CC1C(=O)N3. The number of nitrogens with one attached hydrogen (secondary N) is 5. The van der Waals surface area contributed by atoms with Crippen molar-refractivity contribution >= 4 is 104 Å². The van der Waals surface area contributed by atoms with Gasteiger partial charge in [0.1, 0.15) is 0 Å². The zero-order chi connectivity index (χ0) is 82.5. The standard InChI is InChI=1S/C93H120N8O12/c1-16-60-40-42-80(104)110-46-21-17-19-23-48-112-88(108)59(3)50-79(103)99-75-37-29-39-77-85(75)83(73-44-45-97-73)72(96)35-27-32-61(63-53-66(92(10,11)12)56-67(54-63)93(13,14)15)31-26-34-71(95)82(70(94)33-25-30-58(2)62-51-64(90(4,5)6)55-65(52-62)91(7,8)9)84-74(36-28-38-76(84)100-86(60)106)98-78(102)41-43-81(105)111-47-22-18-20-24-49-113-89(109)69-57-68(69)87(107)101-77/h25-31,33-39,44-45,51-56,59-60,68-69,94H,16-24,32,40-43,46-50,57,95-96H2,1-15H3,(H,98,102)(H,99,103)(H,100,106)(H,101,107)/b33-25-,34-26?,35-27?,58-30-,61-31?,82-71?,83-72+,94-70?/t59-,60?,68?,69-/m1/s1. The molecule has 3 aliphatic heterocycles. The molecular weight excluding hydrogens is 1420 g/mol. The first-order valence-electron chi connectivity index (χ1n) is 40.1. The summed E-state index contributed by atoms with van der Waals surface area (Å²) in [6.45, 7) is 32.0. The molecule has 9 N–H and O–H groups in total. The summed E-state index contributed by atoms with van der Waals surface area (Å²) in [5, 5.41) is 22.5. The average molecular weight is 1540 g/mol. The van der Waals surface area contributed by atoms with Crippen LogP contribution in [0.3, 0.4) is 0 Å². The van der Waals surface area contributed by atoms with E-state index in [0.29, 0.717) is 74.6 Å². The molecule has 4 aliphatic rings. The molecule has 604 valence electrons. The lowest BCUT2D eigenvalue weighted by molar-refractivity contribution is -0.149. The van der Waals surface area contributed by atoms with E-state index in [9.17, 15) is 43.8 Å². The molecule has 1 aliphatic carbocycles. The van der Waals surface area contributed by atoms with E-state index < -0.39 is 71.2 Å². The van der Waals surface area contributed by atoms with E-state index in [1.807, 2.05) is 32.1 Å². The molecule has 0 saturated heterocycles. The second-order valence-electron chi connectivity index (χ2n) is 34.2. The highest BCUT2D eigenvalue weighted by Gasteiger charge is 2.49. The summed E-state index contributed by atoms with van der Waals surface area (Å²) in [5.74, 6) is -7.04. The highest BCUT2D eigenvalue weighted by molar-refractivity contribution is 6.31. The summed E-state index contributed by atoms with van der Waals surface area (Å²) in [6, 6.07) is 23.2. The molecule has 4 amide bonds. The second-order valence-corrected chi connectivity index (χ2v) is 34.2. The maximum atomic E-state index is 14.9. The molecule has 0 aromatic heterocycles. The van der Waals surface area contributed by atoms with Crippen molar-refractivity contribution in [3.63, 3.8) is 0 Å². The molecule has 4 atom stereocenters. The Kier molecular flexibility index (Phi) is 31.0. The van der Waals surface area contributed by atoms with Crippen LogP contribution in [0, 0.1) is 29.1 Å². The minimum Gasteiger partial charge on any atom is -0.466 e. The van der Waals surface area contributed by atoms with Crippen molar-refractivity contribution in [1.82, 2.24) is 0 Å². The van der Waals surface area contributed by atoms with Gasteiger partial charge in [-0.05, 0) is 199 Å². The first-order valence-corrected chi connectivity index (χ1v) is 40.1. The zero-order valence-electron chi connectivity index (χ0n) is 69.2. The molecule has 2 bridgehead atoms. The van der Waals surface area contributed by atoms with Crippen molar-refractivity contribution in [2.75, 3.05) is 47.7 Å². The number of allylic oxidation sites excluding steroid dienone is 13. The van der Waals surface area contributed by atoms with Crippen LogP contribution in [0.2, 0.25) is 0 Å². The van der Waals surface area contributed by atoms with Gasteiger partial charge >= 0.3 is 23.9 Å². The van der Waals surface area contributed by atoms with E-state index >= 15 is 0 Å². The van der Waals surface area contributed by atoms with Gasteiger partial charge in [-0.3, -0.25) is 43.3 Å². The molecule has 113 heavy (non-hydrogen) atoms. The van der Waals surface area contributed by atoms with Gasteiger partial charge in [-0.25, -0.2) is 0 Å². The number of carbonyl (C=O) groups excluding carboxylic acids is 8. The monoisotopic (exact) mass is 1540 g/mol. The van der Waals surface area contributed by atoms with Crippen LogP contribution < -0.4 is 32.7 Å². The Morgan fingerprint density at radius 2 is 1.06 bits per heavy atom. The Labute approximate surface area is 668 Å². The van der Waals surface area contributed by atoms with Crippen LogP contribution in [0.1, 0.15) is 251 Å². The van der Waals surface area contributed by atoms with Gasteiger partial charge in [-0.15, -0.1) is 0 Å². The van der Waals surface area contributed by atoms with Crippen LogP contribution in [0.4, 0.5) is 22.7 Å². The Morgan fingerprint density at radius 1 is 0.566 bits per heavy atom. The van der Waals surface area contributed by atoms with Gasteiger partial charge in [0.15, 0.2) is 0 Å². The van der Waals surface area contributed by atoms with Gasteiger partial charge in [0.25, 0.3) is 0 Å². The van der Waals surface area contributed by atoms with Gasteiger partial charge in [0, 0.05) is 65.1 Å². The summed E-state index contributed by atoms with van der Waals surface area (Å²) in [5.41, 5.74) is 24.6. The van der Waals surface area contributed by atoms with E-state index in [1.54, 1.807) is 86.0 Å². The number of cyclic esters (lactones) is 4. The number of hydrogen-bond acceptors (Lipinski definition) is 16. The molecule has 3 heterocycles. The largest absolute Gasteiger partial charge is 0.466 e. The van der Waals surface area contributed by atoms with E-state index in [-0.39, 0.29) is 144 Å². The van der Waals surface area contributed by atoms with Crippen LogP contribution in [0.5, 0.6) is 0 Å². The number of hydrogen-bond donors (Lipinski definition) is 7. The maximum Gasteiger partial charge on any atom is 0.309 e. The van der Waals surface area contributed by atoms with Crippen molar-refractivity contribution in [1.29, 1.82) is 5.41 Å². The van der Waals surface area contributed by atoms with Crippen LogP contribution >= 0.6 is 0 Å². The highest BCUT2D eigenvalue weighted by atomic mass is 16.5. The summed E-state index contributed by atoms with van der Waals surface area (Å²) in [7, 11) is 0. The van der Waals surface area contributed by atoms with Crippen LogP contribution in [-0.2, 0) is 79.0 Å². The fourth-order valence-electron chi connectivity index (χ4n) is 13.3. The summed E-state index contributed by atoms with van der Waals surface area (Å²) < 4.78 is 22.6. The molecule has 0 spiro atoms. The maximum absolute atomic E-state index is 14.9. The number of nitrogens with two attached hydrogens (primary N) is 2. The number of nitrogens with zero attached hydrogens (tertiary/aromatic N) is 1. The molecule has 1 saturated carbocycles. The minimum absolute atomic E-state index is 0.0559. The van der Waals surface area contributed by atoms with E-state index in [1.165, 1.54) is 11.1 Å². The third-order valence-corrected chi connectivity index (χ3v) is 20.7. The Hall–Kier alpha value is -10.5. The van der Waals surface area contributed by atoms with Crippen molar-refractivity contribution in [2.45, 2.75) is 228 Å². The molecule has 8 rings (SSSR count). The molecular formula is C93H120N8O12. The molecule has 4 aromatic carbocycles. The molecule has 1 fully saturated rings. The van der Waals surface area contributed by atoms with Gasteiger partial charge in [0.2, 0.25) is 23.6 Å². The van der Waals surface area contributed by atoms with Gasteiger partial charge in [0.05, 0.1) is 84.8 Å². The topological polar surface area (TPSA) is 310 Å². The molecule has 4 aromatic rings. The predicted octanol–water partition coefficient (Wildman–Crippen LogP) is 18.5. The third kappa shape index (κ3) is 25.8. The van der Waals surface area contributed by atoms with Crippen LogP contribution in [0.25, 0.3) is 22.3 Å². The number of benzene rings is 4. The molecule has 2 unspecified atom stereocenters. The number of carbonyl (C=O) groups is 8. The number of anilines is 4. The normalized spacial score (nSPS) is 21.3. The fourth-order valence-corrected chi connectivity index (χ4v) is 13.3. The van der Waals surface area contributed by atoms with Crippen LogP contribution in [0.15, 0.2) is 150 Å². The van der Waals surface area contributed by atoms with Gasteiger partial charge < -0.3 is 57.1 Å². The van der Waals surface area contributed by atoms with Crippen molar-refractivity contribution < 1.29 is 57.3 Å². The average Bonchev–Trinajstić information content (AvgIpc) is 1.77. The molecule has 0 radical (unpaired) electrons. The summed E-state index contributed by atoms with van der Waals surface area (Å²) >= 11 is 0. The minimum atomic E-state index is -0.850. The van der Waals surface area contributed by atoms with E-state index in [2.05, 4.69) is 146 Å². The second kappa shape index (κ2) is 39.8. The fraction of sp³-hybridized carbons (Fsp3) is 0.462. The predicted molar refractivity (Wildman–Crippen MR) is 454 cm³/mol. The highest BCUT2D eigenvalue weighted by Crippen LogP contribution is 2.45. The summed E-state index contributed by atoms with van der Waals surface area (Å²) in [6.07, 6.45) is 22.6. The molecule has 20 heteroatoms. The smallest absolute Gasteiger partial charge is 0.309 e. The lowest BCUT2D eigenvalue weighted by Gasteiger charge is -2.26. The number of rotatable bonds is 7. The van der Waals surface area contributed by atoms with E-state index in [0.717, 1.165) is 33.4 Å². The molecule has 20 nitrogen and oxygen atoms in total. The third-order valence-electron chi connectivity index (χ3n) is 20.7. The van der Waals surface area contributed by atoms with Crippen molar-refractivity contribution in [3.05, 3.63) is 189 Å². The van der Waals surface area contributed by atoms with Crippen LogP contribution in [-0.4, -0.2) is 85.9 Å². The Bertz CT molecular complexity index is 4450. The number of fused-ring (bicyclic) bond motifs is 6.